The smallest absolute Gasteiger partial charge is 0.237 e. The van der Waals surface area contributed by atoms with Crippen molar-refractivity contribution in [3.05, 3.63) is 34.9 Å². The maximum atomic E-state index is 12.9. The van der Waals surface area contributed by atoms with Crippen molar-refractivity contribution in [3.63, 3.8) is 0 Å². The van der Waals surface area contributed by atoms with Gasteiger partial charge in [-0.2, -0.15) is 0 Å². The van der Waals surface area contributed by atoms with Crippen LogP contribution in [0.15, 0.2) is 24.3 Å². The number of rotatable bonds is 8. The number of nitrogens with zero attached hydrogens (tertiary/aromatic N) is 2. The highest BCUT2D eigenvalue weighted by Gasteiger charge is 2.33. The van der Waals surface area contributed by atoms with Gasteiger partial charge in [0.2, 0.25) is 11.8 Å². The monoisotopic (exact) mass is 379 g/mol. The summed E-state index contributed by atoms with van der Waals surface area (Å²) >= 11 is 5.94. The van der Waals surface area contributed by atoms with Crippen LogP contribution in [0.4, 0.5) is 0 Å². The molecule has 26 heavy (non-hydrogen) atoms. The van der Waals surface area contributed by atoms with Gasteiger partial charge in [0.15, 0.2) is 0 Å². The molecule has 0 bridgehead atoms. The lowest BCUT2D eigenvalue weighted by molar-refractivity contribution is -0.139. The molecule has 1 atom stereocenters. The van der Waals surface area contributed by atoms with Crippen LogP contribution in [0.1, 0.15) is 39.2 Å². The van der Waals surface area contributed by atoms with Crippen LogP contribution < -0.4 is 5.32 Å². The maximum absolute atomic E-state index is 12.9. The summed E-state index contributed by atoms with van der Waals surface area (Å²) in [5.74, 6) is 0.449. The van der Waals surface area contributed by atoms with Crippen molar-refractivity contribution in [2.24, 2.45) is 5.92 Å². The summed E-state index contributed by atoms with van der Waals surface area (Å²) in [5, 5.41) is 3.59. The number of hydrogen-bond donors (Lipinski definition) is 1. The summed E-state index contributed by atoms with van der Waals surface area (Å²) in [6, 6.07) is 7.19. The van der Waals surface area contributed by atoms with Gasteiger partial charge in [0, 0.05) is 37.7 Å². The molecule has 1 fully saturated rings. The van der Waals surface area contributed by atoms with Crippen molar-refractivity contribution in [2.75, 3.05) is 26.2 Å². The third-order valence-corrected chi connectivity index (χ3v) is 4.79. The fraction of sp³-hybridized carbons (Fsp3) is 0.600. The molecule has 5 nitrogen and oxygen atoms in total. The number of piperazine rings is 1. The number of amides is 2. The van der Waals surface area contributed by atoms with Crippen molar-refractivity contribution in [3.8, 4) is 0 Å². The van der Waals surface area contributed by atoms with Gasteiger partial charge >= 0.3 is 0 Å². The summed E-state index contributed by atoms with van der Waals surface area (Å²) < 4.78 is 0. The Morgan fingerprint density at radius 2 is 2.04 bits per heavy atom. The topological polar surface area (TPSA) is 52.7 Å². The Morgan fingerprint density at radius 1 is 1.35 bits per heavy atom. The Balaban J connectivity index is 2.06. The van der Waals surface area contributed by atoms with Crippen molar-refractivity contribution in [1.82, 2.24) is 15.1 Å². The zero-order valence-corrected chi connectivity index (χ0v) is 16.8. The largest absolute Gasteiger partial charge is 0.353 e. The summed E-state index contributed by atoms with van der Waals surface area (Å²) in [6.45, 7) is 9.83. The second kappa shape index (κ2) is 9.93. The van der Waals surface area contributed by atoms with Gasteiger partial charge in [0.25, 0.3) is 0 Å². The molecule has 1 heterocycles. The molecule has 0 unspecified atom stereocenters. The third-order valence-electron chi connectivity index (χ3n) is 4.54. The average molecular weight is 380 g/mol. The molecule has 6 heteroatoms. The van der Waals surface area contributed by atoms with Crippen LogP contribution >= 0.6 is 11.6 Å². The second-order valence-electron chi connectivity index (χ2n) is 7.34. The van der Waals surface area contributed by atoms with Gasteiger partial charge in [-0.1, -0.05) is 44.5 Å². The van der Waals surface area contributed by atoms with E-state index in [0.717, 1.165) is 25.1 Å². The number of nitrogens with one attached hydrogen (secondary N) is 1. The molecule has 1 aliphatic rings. The van der Waals surface area contributed by atoms with E-state index in [2.05, 4.69) is 31.0 Å². The van der Waals surface area contributed by atoms with E-state index in [9.17, 15) is 9.59 Å². The predicted molar refractivity (Wildman–Crippen MR) is 105 cm³/mol. The van der Waals surface area contributed by atoms with Crippen LogP contribution in [-0.2, 0) is 16.1 Å². The first-order valence-corrected chi connectivity index (χ1v) is 9.82. The molecule has 0 radical (unpaired) electrons. The van der Waals surface area contributed by atoms with Gasteiger partial charge in [0.05, 0.1) is 12.5 Å². The fourth-order valence-corrected chi connectivity index (χ4v) is 3.46. The van der Waals surface area contributed by atoms with Crippen LogP contribution in [0.5, 0.6) is 0 Å². The SMILES string of the molecule is CCCN(Cc1ccc(Cl)cc1)C(=O)C[C@H]1C(=O)NCCN1CC(C)C. The van der Waals surface area contributed by atoms with E-state index in [1.807, 2.05) is 29.2 Å². The fourth-order valence-electron chi connectivity index (χ4n) is 3.34. The Hall–Kier alpha value is -1.59. The first-order chi connectivity index (χ1) is 12.4. The zero-order valence-electron chi connectivity index (χ0n) is 16.0. The van der Waals surface area contributed by atoms with Crippen LogP contribution in [-0.4, -0.2) is 53.8 Å². The highest BCUT2D eigenvalue weighted by atomic mass is 35.5. The molecule has 0 aromatic heterocycles. The van der Waals surface area contributed by atoms with Gasteiger partial charge in [-0.25, -0.2) is 0 Å². The molecule has 1 saturated heterocycles. The Kier molecular flexibility index (Phi) is 7.91. The normalized spacial score (nSPS) is 18.0. The van der Waals surface area contributed by atoms with Gasteiger partial charge in [-0.15, -0.1) is 0 Å². The Labute approximate surface area is 161 Å². The first-order valence-electron chi connectivity index (χ1n) is 9.44. The highest BCUT2D eigenvalue weighted by molar-refractivity contribution is 6.30. The molecule has 2 rings (SSSR count). The molecule has 0 spiro atoms. The molecule has 0 saturated carbocycles. The Bertz CT molecular complexity index is 604. The molecule has 1 aromatic rings. The number of halogens is 1. The van der Waals surface area contributed by atoms with E-state index >= 15 is 0 Å². The molecule has 1 aliphatic heterocycles. The summed E-state index contributed by atoms with van der Waals surface area (Å²) in [6.07, 6.45) is 1.11. The molecule has 144 valence electrons. The lowest BCUT2D eigenvalue weighted by Gasteiger charge is -2.36. The Morgan fingerprint density at radius 3 is 2.65 bits per heavy atom. The lowest BCUT2D eigenvalue weighted by Crippen LogP contribution is -2.57. The second-order valence-corrected chi connectivity index (χ2v) is 7.78. The lowest BCUT2D eigenvalue weighted by atomic mass is 10.0. The van der Waals surface area contributed by atoms with Gasteiger partial charge < -0.3 is 10.2 Å². The van der Waals surface area contributed by atoms with Crippen molar-refractivity contribution < 1.29 is 9.59 Å². The van der Waals surface area contributed by atoms with Crippen LogP contribution in [0.25, 0.3) is 0 Å². The molecular weight excluding hydrogens is 350 g/mol. The minimum absolute atomic E-state index is 0.0256. The van der Waals surface area contributed by atoms with E-state index < -0.39 is 0 Å². The van der Waals surface area contributed by atoms with E-state index in [4.69, 9.17) is 11.6 Å². The highest BCUT2D eigenvalue weighted by Crippen LogP contribution is 2.16. The number of benzene rings is 1. The summed E-state index contributed by atoms with van der Waals surface area (Å²) in [4.78, 5) is 29.3. The number of carbonyl (C=O) groups excluding carboxylic acids is 2. The summed E-state index contributed by atoms with van der Waals surface area (Å²) in [5.41, 5.74) is 1.04. The maximum Gasteiger partial charge on any atom is 0.237 e. The molecule has 2 amide bonds. The summed E-state index contributed by atoms with van der Waals surface area (Å²) in [7, 11) is 0. The number of carbonyl (C=O) groups is 2. The van der Waals surface area contributed by atoms with Gasteiger partial charge in [0.1, 0.15) is 0 Å². The van der Waals surface area contributed by atoms with Crippen LogP contribution in [0.3, 0.4) is 0 Å². The molecular formula is C20H30ClN3O2. The third kappa shape index (κ3) is 5.99. The average Bonchev–Trinajstić information content (AvgIpc) is 2.59. The minimum atomic E-state index is -0.372. The molecule has 1 aromatic carbocycles. The van der Waals surface area contributed by atoms with Crippen molar-refractivity contribution in [1.29, 1.82) is 0 Å². The van der Waals surface area contributed by atoms with Gasteiger partial charge in [-0.05, 0) is 30.0 Å². The quantitative estimate of drug-likeness (QED) is 0.755. The van der Waals surface area contributed by atoms with E-state index in [0.29, 0.717) is 30.6 Å². The number of hydrogen-bond acceptors (Lipinski definition) is 3. The van der Waals surface area contributed by atoms with Gasteiger partial charge in [-0.3, -0.25) is 14.5 Å². The molecule has 0 aliphatic carbocycles. The van der Waals surface area contributed by atoms with E-state index in [-0.39, 0.29) is 24.3 Å². The van der Waals surface area contributed by atoms with E-state index in [1.54, 1.807) is 0 Å². The van der Waals surface area contributed by atoms with Crippen molar-refractivity contribution in [2.45, 2.75) is 46.2 Å². The van der Waals surface area contributed by atoms with Crippen LogP contribution in [0.2, 0.25) is 5.02 Å². The zero-order chi connectivity index (χ0) is 19.1. The van der Waals surface area contributed by atoms with Crippen molar-refractivity contribution >= 4 is 23.4 Å². The molecule has 1 N–H and O–H groups in total. The van der Waals surface area contributed by atoms with E-state index in [1.165, 1.54) is 0 Å². The standard InChI is InChI=1S/C20H30ClN3O2/c1-4-10-24(14-16-5-7-17(21)8-6-16)19(25)12-18-20(26)22-9-11-23(18)13-15(2)3/h5-8,15,18H,4,9-14H2,1-3H3,(H,22,26)/t18-/m0/s1. The van der Waals surface area contributed by atoms with Crippen LogP contribution in [0, 0.1) is 5.92 Å². The predicted octanol–water partition coefficient (Wildman–Crippen LogP) is 2.93. The first kappa shape index (κ1) is 20.7. The minimum Gasteiger partial charge on any atom is -0.353 e.